The van der Waals surface area contributed by atoms with Gasteiger partial charge in [-0.1, -0.05) is 53.6 Å². The Balaban J connectivity index is 1.40. The third-order valence-electron chi connectivity index (χ3n) is 6.87. The Morgan fingerprint density at radius 2 is 1.64 bits per heavy atom. The number of aromatic nitrogens is 4. The standard InChI is InChI=1S/C29H28N6O/c1-20-11-13-22(14-12-20)28(36)33-15-6-16-34(18-17-33)29-30-25-10-4-3-9-24(25)27-32-31-26(35(27)29)23-8-5-7-21(2)19-23/h3-5,7-14,19H,6,15-18H2,1-2H3. The number of rotatable bonds is 3. The van der Waals surface area contributed by atoms with E-state index in [1.165, 1.54) is 5.56 Å². The molecule has 1 saturated heterocycles. The summed E-state index contributed by atoms with van der Waals surface area (Å²) in [4.78, 5) is 22.5. The van der Waals surface area contributed by atoms with Gasteiger partial charge in [-0.3, -0.25) is 4.79 Å². The van der Waals surface area contributed by atoms with E-state index < -0.39 is 0 Å². The highest BCUT2D eigenvalue weighted by Gasteiger charge is 2.25. The van der Waals surface area contributed by atoms with Crippen molar-refractivity contribution < 1.29 is 4.79 Å². The van der Waals surface area contributed by atoms with Crippen LogP contribution in [0.5, 0.6) is 0 Å². The van der Waals surface area contributed by atoms with Gasteiger partial charge in [-0.05, 0) is 50.6 Å². The number of aryl methyl sites for hydroxylation is 2. The molecule has 7 heteroatoms. The van der Waals surface area contributed by atoms with Crippen LogP contribution in [-0.2, 0) is 0 Å². The van der Waals surface area contributed by atoms with E-state index in [9.17, 15) is 4.79 Å². The molecule has 3 heterocycles. The number of amides is 1. The molecule has 0 aliphatic carbocycles. The number of anilines is 1. The molecule has 2 aromatic heterocycles. The van der Waals surface area contributed by atoms with Gasteiger partial charge >= 0.3 is 0 Å². The van der Waals surface area contributed by atoms with E-state index in [-0.39, 0.29) is 5.91 Å². The number of fused-ring (bicyclic) bond motifs is 3. The Bertz CT molecular complexity index is 1570. The number of hydrogen-bond acceptors (Lipinski definition) is 5. The van der Waals surface area contributed by atoms with Gasteiger partial charge in [-0.15, -0.1) is 10.2 Å². The van der Waals surface area contributed by atoms with Crippen molar-refractivity contribution >= 4 is 28.4 Å². The molecule has 1 aliphatic rings. The third-order valence-corrected chi connectivity index (χ3v) is 6.87. The van der Waals surface area contributed by atoms with Gasteiger partial charge in [0.15, 0.2) is 11.5 Å². The van der Waals surface area contributed by atoms with Crippen LogP contribution in [0.1, 0.15) is 27.9 Å². The van der Waals surface area contributed by atoms with E-state index in [1.54, 1.807) is 0 Å². The van der Waals surface area contributed by atoms with E-state index in [2.05, 4.69) is 44.6 Å². The molecule has 6 rings (SSSR count). The van der Waals surface area contributed by atoms with Gasteiger partial charge in [0.25, 0.3) is 5.91 Å². The van der Waals surface area contributed by atoms with Crippen LogP contribution >= 0.6 is 0 Å². The average Bonchev–Trinajstić information content (AvgIpc) is 3.20. The molecule has 0 saturated carbocycles. The van der Waals surface area contributed by atoms with E-state index >= 15 is 0 Å². The summed E-state index contributed by atoms with van der Waals surface area (Å²) in [6.45, 7) is 6.94. The summed E-state index contributed by atoms with van der Waals surface area (Å²) in [7, 11) is 0. The molecule has 0 N–H and O–H groups in total. The molecule has 5 aromatic rings. The van der Waals surface area contributed by atoms with Crippen molar-refractivity contribution in [3.05, 3.63) is 89.5 Å². The number of hydrogen-bond donors (Lipinski definition) is 0. The predicted molar refractivity (Wildman–Crippen MR) is 142 cm³/mol. The van der Waals surface area contributed by atoms with E-state index in [1.807, 2.05) is 66.4 Å². The van der Waals surface area contributed by atoms with E-state index in [4.69, 9.17) is 4.98 Å². The lowest BCUT2D eigenvalue weighted by atomic mass is 10.1. The van der Waals surface area contributed by atoms with Crippen molar-refractivity contribution in [3.63, 3.8) is 0 Å². The molecule has 0 bridgehead atoms. The molecular weight excluding hydrogens is 448 g/mol. The van der Waals surface area contributed by atoms with Gasteiger partial charge in [0.05, 0.1) is 5.52 Å². The largest absolute Gasteiger partial charge is 0.340 e. The first-order chi connectivity index (χ1) is 17.6. The topological polar surface area (TPSA) is 66.6 Å². The summed E-state index contributed by atoms with van der Waals surface area (Å²) < 4.78 is 2.08. The Morgan fingerprint density at radius 3 is 2.47 bits per heavy atom. The zero-order valence-electron chi connectivity index (χ0n) is 20.6. The molecule has 3 aromatic carbocycles. The van der Waals surface area contributed by atoms with Crippen LogP contribution in [0, 0.1) is 13.8 Å². The zero-order valence-corrected chi connectivity index (χ0v) is 20.6. The first-order valence-corrected chi connectivity index (χ1v) is 12.4. The molecule has 0 unspecified atom stereocenters. The molecule has 7 nitrogen and oxygen atoms in total. The second-order valence-corrected chi connectivity index (χ2v) is 9.48. The Labute approximate surface area is 210 Å². The molecule has 1 fully saturated rings. The normalized spacial score (nSPS) is 14.4. The first kappa shape index (κ1) is 22.2. The van der Waals surface area contributed by atoms with Crippen LogP contribution in [0.4, 0.5) is 5.95 Å². The Hall–Kier alpha value is -4.26. The van der Waals surface area contributed by atoms with Crippen LogP contribution < -0.4 is 4.90 Å². The highest BCUT2D eigenvalue weighted by atomic mass is 16.2. The maximum atomic E-state index is 13.2. The van der Waals surface area contributed by atoms with Crippen molar-refractivity contribution in [3.8, 4) is 11.4 Å². The minimum Gasteiger partial charge on any atom is -0.340 e. The summed E-state index contributed by atoms with van der Waals surface area (Å²) in [5.74, 6) is 1.67. The van der Waals surface area contributed by atoms with Crippen molar-refractivity contribution in [2.75, 3.05) is 31.1 Å². The highest BCUT2D eigenvalue weighted by Crippen LogP contribution is 2.29. The smallest absolute Gasteiger partial charge is 0.253 e. The second kappa shape index (κ2) is 9.07. The lowest BCUT2D eigenvalue weighted by molar-refractivity contribution is 0.0767. The van der Waals surface area contributed by atoms with Crippen LogP contribution in [-0.4, -0.2) is 56.6 Å². The molecule has 0 spiro atoms. The third kappa shape index (κ3) is 3.96. The van der Waals surface area contributed by atoms with Gasteiger partial charge in [0.2, 0.25) is 5.95 Å². The number of carbonyl (C=O) groups is 1. The average molecular weight is 477 g/mol. The minimum absolute atomic E-state index is 0.0817. The van der Waals surface area contributed by atoms with Crippen LogP contribution in [0.3, 0.4) is 0 Å². The molecule has 180 valence electrons. The fourth-order valence-corrected chi connectivity index (χ4v) is 4.95. The first-order valence-electron chi connectivity index (χ1n) is 12.4. The molecule has 0 radical (unpaired) electrons. The molecular formula is C29H28N6O. The molecule has 1 amide bonds. The minimum atomic E-state index is 0.0817. The number of benzene rings is 3. The van der Waals surface area contributed by atoms with Crippen LogP contribution in [0.2, 0.25) is 0 Å². The molecule has 1 aliphatic heterocycles. The summed E-state index contributed by atoms with van der Waals surface area (Å²) in [5, 5.41) is 10.2. The highest BCUT2D eigenvalue weighted by molar-refractivity contribution is 5.95. The van der Waals surface area contributed by atoms with Crippen molar-refractivity contribution in [2.24, 2.45) is 0 Å². The van der Waals surface area contributed by atoms with Crippen molar-refractivity contribution in [1.82, 2.24) is 24.5 Å². The lowest BCUT2D eigenvalue weighted by Crippen LogP contribution is -2.36. The lowest BCUT2D eigenvalue weighted by Gasteiger charge is -2.24. The summed E-state index contributed by atoms with van der Waals surface area (Å²) >= 11 is 0. The molecule has 0 atom stereocenters. The quantitative estimate of drug-likeness (QED) is 0.370. The summed E-state index contributed by atoms with van der Waals surface area (Å²) in [5.41, 5.74) is 5.74. The van der Waals surface area contributed by atoms with Gasteiger partial charge in [-0.25, -0.2) is 9.38 Å². The van der Waals surface area contributed by atoms with Gasteiger partial charge in [-0.2, -0.15) is 0 Å². The number of carbonyl (C=O) groups excluding carboxylic acids is 1. The molecule has 36 heavy (non-hydrogen) atoms. The van der Waals surface area contributed by atoms with Crippen molar-refractivity contribution in [1.29, 1.82) is 0 Å². The summed E-state index contributed by atoms with van der Waals surface area (Å²) in [6.07, 6.45) is 0.857. The fraction of sp³-hybridized carbons (Fsp3) is 0.241. The Kier molecular flexibility index (Phi) is 5.60. The maximum absolute atomic E-state index is 13.2. The second-order valence-electron chi connectivity index (χ2n) is 9.48. The Morgan fingerprint density at radius 1 is 0.806 bits per heavy atom. The summed E-state index contributed by atoms with van der Waals surface area (Å²) in [6, 6.07) is 24.2. The monoisotopic (exact) mass is 476 g/mol. The number of para-hydroxylation sites is 1. The maximum Gasteiger partial charge on any atom is 0.253 e. The van der Waals surface area contributed by atoms with Gasteiger partial charge in [0, 0.05) is 42.7 Å². The predicted octanol–water partition coefficient (Wildman–Crippen LogP) is 4.91. The van der Waals surface area contributed by atoms with Crippen LogP contribution in [0.25, 0.3) is 27.9 Å². The van der Waals surface area contributed by atoms with Crippen LogP contribution in [0.15, 0.2) is 72.8 Å². The SMILES string of the molecule is Cc1ccc(C(=O)N2CCCN(c3nc4ccccc4c4nnc(-c5cccc(C)c5)n34)CC2)cc1. The van der Waals surface area contributed by atoms with Gasteiger partial charge < -0.3 is 9.80 Å². The van der Waals surface area contributed by atoms with E-state index in [0.717, 1.165) is 58.0 Å². The zero-order chi connectivity index (χ0) is 24.6. The van der Waals surface area contributed by atoms with E-state index in [0.29, 0.717) is 19.6 Å². The number of nitrogens with zero attached hydrogens (tertiary/aromatic N) is 6. The fourth-order valence-electron chi connectivity index (χ4n) is 4.95. The van der Waals surface area contributed by atoms with Crippen molar-refractivity contribution in [2.45, 2.75) is 20.3 Å². The van der Waals surface area contributed by atoms with Gasteiger partial charge in [0.1, 0.15) is 0 Å².